The lowest BCUT2D eigenvalue weighted by atomic mass is 10.2. The van der Waals surface area contributed by atoms with Crippen molar-refractivity contribution in [1.29, 1.82) is 0 Å². The maximum atomic E-state index is 12.3. The Morgan fingerprint density at radius 1 is 1.15 bits per heavy atom. The number of anilines is 1. The summed E-state index contributed by atoms with van der Waals surface area (Å²) in [7, 11) is -1.86. The molecule has 0 unspecified atom stereocenters. The molecule has 2 aromatic rings. The van der Waals surface area contributed by atoms with Gasteiger partial charge in [-0.1, -0.05) is 11.6 Å². The Labute approximate surface area is 163 Å². The van der Waals surface area contributed by atoms with Crippen LogP contribution in [0.5, 0.6) is 11.5 Å². The molecule has 0 saturated heterocycles. The van der Waals surface area contributed by atoms with Crippen LogP contribution in [-0.4, -0.2) is 40.3 Å². The summed E-state index contributed by atoms with van der Waals surface area (Å²) in [4.78, 5) is 12.3. The summed E-state index contributed by atoms with van der Waals surface area (Å²) < 4.78 is 35.5. The lowest BCUT2D eigenvalue weighted by Gasteiger charge is -2.16. The molecule has 0 radical (unpaired) electrons. The van der Waals surface area contributed by atoms with Gasteiger partial charge < -0.3 is 14.8 Å². The summed E-state index contributed by atoms with van der Waals surface area (Å²) in [6.45, 7) is 2.09. The maximum absolute atomic E-state index is 12.3. The average Bonchev–Trinajstić information content (AvgIpc) is 2.61. The van der Waals surface area contributed by atoms with Crippen molar-refractivity contribution >= 4 is 33.2 Å². The van der Waals surface area contributed by atoms with Crippen LogP contribution < -0.4 is 19.5 Å². The van der Waals surface area contributed by atoms with Gasteiger partial charge in [0.2, 0.25) is 10.0 Å². The van der Waals surface area contributed by atoms with Gasteiger partial charge >= 0.3 is 0 Å². The molecule has 9 heteroatoms. The zero-order chi connectivity index (χ0) is 20.0. The molecule has 27 heavy (non-hydrogen) atoms. The number of carbonyl (C=O) groups excluding carboxylic acids is 1. The van der Waals surface area contributed by atoms with Gasteiger partial charge in [0.15, 0.2) is 0 Å². The molecule has 0 aliphatic carbocycles. The number of hydrogen-bond donors (Lipinski definition) is 2. The van der Waals surface area contributed by atoms with E-state index in [0.29, 0.717) is 11.3 Å². The smallest absolute Gasteiger partial charge is 0.251 e. The molecule has 0 bridgehead atoms. The largest absolute Gasteiger partial charge is 0.497 e. The summed E-state index contributed by atoms with van der Waals surface area (Å²) >= 11 is 6.04. The standard InChI is InChI=1S/C18H21ClN2O5S/c1-12(11-26-15-7-5-14(25-2)6-8-15)20-18(22)13-4-9-17(16(19)10-13)21-27(3,23)24/h4-10,12,21H,11H2,1-3H3,(H,20,22)/t12-/m0/s1. The number of carbonyl (C=O) groups is 1. The van der Waals surface area contributed by atoms with Crippen molar-refractivity contribution in [1.82, 2.24) is 5.32 Å². The van der Waals surface area contributed by atoms with Crippen LogP contribution in [0.25, 0.3) is 0 Å². The lowest BCUT2D eigenvalue weighted by Crippen LogP contribution is -2.36. The number of rotatable bonds is 8. The van der Waals surface area contributed by atoms with Crippen molar-refractivity contribution < 1.29 is 22.7 Å². The van der Waals surface area contributed by atoms with Crippen molar-refractivity contribution in [2.75, 3.05) is 24.7 Å². The number of ether oxygens (including phenoxy) is 2. The lowest BCUT2D eigenvalue weighted by molar-refractivity contribution is 0.0926. The summed E-state index contributed by atoms with van der Waals surface area (Å²) in [5, 5.41) is 2.93. The van der Waals surface area contributed by atoms with Gasteiger partial charge in [0.25, 0.3) is 5.91 Å². The van der Waals surface area contributed by atoms with Crippen molar-refractivity contribution in [2.24, 2.45) is 0 Å². The Hall–Kier alpha value is -2.45. The molecule has 0 saturated carbocycles. The van der Waals surface area contributed by atoms with E-state index in [1.807, 2.05) is 6.92 Å². The van der Waals surface area contributed by atoms with Gasteiger partial charge in [-0.05, 0) is 49.4 Å². The van der Waals surface area contributed by atoms with Gasteiger partial charge in [-0.25, -0.2) is 8.42 Å². The van der Waals surface area contributed by atoms with E-state index >= 15 is 0 Å². The van der Waals surface area contributed by atoms with Gasteiger partial charge in [-0.3, -0.25) is 9.52 Å². The fourth-order valence-corrected chi connectivity index (χ4v) is 3.04. The monoisotopic (exact) mass is 412 g/mol. The summed E-state index contributed by atoms with van der Waals surface area (Å²) in [5.41, 5.74) is 0.530. The van der Waals surface area contributed by atoms with Crippen molar-refractivity contribution in [3.8, 4) is 11.5 Å². The minimum absolute atomic E-state index is 0.134. The Bertz CT molecular complexity index is 900. The Morgan fingerprint density at radius 3 is 2.33 bits per heavy atom. The molecule has 0 fully saturated rings. The number of sulfonamides is 1. The first kappa shape index (κ1) is 20.9. The minimum atomic E-state index is -3.45. The molecule has 1 atom stereocenters. The van der Waals surface area contributed by atoms with Crippen LogP contribution in [0.2, 0.25) is 5.02 Å². The molecule has 0 heterocycles. The summed E-state index contributed by atoms with van der Waals surface area (Å²) in [5.74, 6) is 1.05. The van der Waals surface area contributed by atoms with Gasteiger partial charge in [-0.2, -0.15) is 0 Å². The Morgan fingerprint density at radius 2 is 1.78 bits per heavy atom. The van der Waals surface area contributed by atoms with Crippen LogP contribution in [0.4, 0.5) is 5.69 Å². The Balaban J connectivity index is 1.92. The predicted octanol–water partition coefficient (Wildman–Crippen LogP) is 2.92. The van der Waals surface area contributed by atoms with Crippen LogP contribution in [0.1, 0.15) is 17.3 Å². The number of methoxy groups -OCH3 is 1. The first-order valence-electron chi connectivity index (χ1n) is 8.03. The molecule has 0 spiro atoms. The highest BCUT2D eigenvalue weighted by atomic mass is 35.5. The van der Waals surface area contributed by atoms with E-state index in [9.17, 15) is 13.2 Å². The average molecular weight is 413 g/mol. The third kappa shape index (κ3) is 6.65. The number of nitrogens with one attached hydrogen (secondary N) is 2. The first-order chi connectivity index (χ1) is 12.7. The topological polar surface area (TPSA) is 93.7 Å². The maximum Gasteiger partial charge on any atom is 0.251 e. The second-order valence-corrected chi connectivity index (χ2v) is 8.09. The fourth-order valence-electron chi connectivity index (χ4n) is 2.18. The molecule has 0 aliphatic heterocycles. The minimum Gasteiger partial charge on any atom is -0.497 e. The second kappa shape index (κ2) is 8.96. The molecule has 2 rings (SSSR count). The Kier molecular flexibility index (Phi) is 6.92. The zero-order valence-electron chi connectivity index (χ0n) is 15.2. The van der Waals surface area contributed by atoms with E-state index in [1.54, 1.807) is 31.4 Å². The van der Waals surface area contributed by atoms with E-state index in [0.717, 1.165) is 12.0 Å². The van der Waals surface area contributed by atoms with Gasteiger partial charge in [-0.15, -0.1) is 0 Å². The third-order valence-corrected chi connectivity index (χ3v) is 4.37. The highest BCUT2D eigenvalue weighted by Crippen LogP contribution is 2.24. The highest BCUT2D eigenvalue weighted by molar-refractivity contribution is 7.92. The van der Waals surface area contributed by atoms with Gasteiger partial charge in [0.1, 0.15) is 18.1 Å². The van der Waals surface area contributed by atoms with E-state index in [-0.39, 0.29) is 29.3 Å². The van der Waals surface area contributed by atoms with Crippen LogP contribution in [-0.2, 0) is 10.0 Å². The van der Waals surface area contributed by atoms with Gasteiger partial charge in [0.05, 0.1) is 30.1 Å². The van der Waals surface area contributed by atoms with E-state index in [2.05, 4.69) is 10.0 Å². The molecule has 146 valence electrons. The molecule has 2 N–H and O–H groups in total. The van der Waals surface area contributed by atoms with Crippen LogP contribution in [0.3, 0.4) is 0 Å². The van der Waals surface area contributed by atoms with Crippen molar-refractivity contribution in [3.05, 3.63) is 53.1 Å². The molecule has 0 aliphatic rings. The second-order valence-electron chi connectivity index (χ2n) is 5.93. The molecule has 0 aromatic heterocycles. The van der Waals surface area contributed by atoms with Crippen LogP contribution >= 0.6 is 11.6 Å². The van der Waals surface area contributed by atoms with E-state index < -0.39 is 10.0 Å². The first-order valence-corrected chi connectivity index (χ1v) is 10.3. The molecular weight excluding hydrogens is 392 g/mol. The fraction of sp³-hybridized carbons (Fsp3) is 0.278. The van der Waals surface area contributed by atoms with E-state index in [1.165, 1.54) is 18.2 Å². The molecule has 7 nitrogen and oxygen atoms in total. The summed E-state index contributed by atoms with van der Waals surface area (Å²) in [6, 6.07) is 11.2. The SMILES string of the molecule is COc1ccc(OC[C@H](C)NC(=O)c2ccc(NS(C)(=O)=O)c(Cl)c2)cc1. The number of benzene rings is 2. The molecule has 2 aromatic carbocycles. The van der Waals surface area contributed by atoms with Gasteiger partial charge in [0, 0.05) is 5.56 Å². The van der Waals surface area contributed by atoms with Crippen molar-refractivity contribution in [3.63, 3.8) is 0 Å². The summed E-state index contributed by atoms with van der Waals surface area (Å²) in [6.07, 6.45) is 1.02. The van der Waals surface area contributed by atoms with Crippen molar-refractivity contribution in [2.45, 2.75) is 13.0 Å². The predicted molar refractivity (Wildman–Crippen MR) is 105 cm³/mol. The molecular formula is C18H21ClN2O5S. The quantitative estimate of drug-likeness (QED) is 0.695. The highest BCUT2D eigenvalue weighted by Gasteiger charge is 2.13. The normalized spacial score (nSPS) is 12.1. The van der Waals surface area contributed by atoms with Crippen LogP contribution in [0, 0.1) is 0 Å². The third-order valence-electron chi connectivity index (χ3n) is 3.46. The molecule has 1 amide bonds. The van der Waals surface area contributed by atoms with E-state index in [4.69, 9.17) is 21.1 Å². The number of hydrogen-bond acceptors (Lipinski definition) is 5. The number of halogens is 1. The van der Waals surface area contributed by atoms with Crippen LogP contribution in [0.15, 0.2) is 42.5 Å². The zero-order valence-corrected chi connectivity index (χ0v) is 16.7. The number of amides is 1.